The minimum atomic E-state index is -0.424. The zero-order valence-corrected chi connectivity index (χ0v) is 16.4. The molecule has 1 aromatic carbocycles. The summed E-state index contributed by atoms with van der Waals surface area (Å²) in [7, 11) is 1.61. The molecule has 0 aliphatic heterocycles. The lowest BCUT2D eigenvalue weighted by atomic mass is 10.2. The molecular weight excluding hydrogens is 368 g/mol. The molecule has 0 radical (unpaired) electrons. The van der Waals surface area contributed by atoms with Crippen LogP contribution >= 0.6 is 11.6 Å². The van der Waals surface area contributed by atoms with Crippen molar-refractivity contribution in [2.24, 2.45) is 7.05 Å². The Morgan fingerprint density at radius 3 is 2.41 bits per heavy atom. The number of aromatic nitrogens is 4. The first kappa shape index (κ1) is 19.4. The minimum absolute atomic E-state index is 0.0742. The third kappa shape index (κ3) is 3.57. The molecule has 0 bridgehead atoms. The molecule has 3 aromatic rings. The number of aryl methyl sites for hydroxylation is 1. The van der Waals surface area contributed by atoms with Gasteiger partial charge in [0.25, 0.3) is 5.56 Å². The van der Waals surface area contributed by atoms with Gasteiger partial charge >= 0.3 is 5.69 Å². The number of benzene rings is 1. The second kappa shape index (κ2) is 7.70. The van der Waals surface area contributed by atoms with Crippen molar-refractivity contribution in [3.63, 3.8) is 0 Å². The summed E-state index contributed by atoms with van der Waals surface area (Å²) in [5, 5.41) is 9.73. The highest BCUT2D eigenvalue weighted by Crippen LogP contribution is 2.21. The van der Waals surface area contributed by atoms with Crippen LogP contribution in [0.4, 0.5) is 0 Å². The number of imidazole rings is 1. The van der Waals surface area contributed by atoms with Crippen LogP contribution in [0, 0.1) is 0 Å². The van der Waals surface area contributed by atoms with E-state index in [0.29, 0.717) is 29.2 Å². The van der Waals surface area contributed by atoms with Gasteiger partial charge in [0, 0.05) is 37.7 Å². The second-order valence-corrected chi connectivity index (χ2v) is 7.32. The molecule has 7 nitrogen and oxygen atoms in total. The van der Waals surface area contributed by atoms with Crippen molar-refractivity contribution in [3.8, 4) is 0 Å². The molecule has 144 valence electrons. The SMILES string of the molecule is CC(C)c1nc2c(c(=O)n(CCCO)c(=O)n2C)n1Cc1ccc(Cl)cc1. The molecule has 2 aromatic heterocycles. The van der Waals surface area contributed by atoms with Crippen molar-refractivity contribution < 1.29 is 5.11 Å². The summed E-state index contributed by atoms with van der Waals surface area (Å²) in [6.45, 7) is 4.54. The number of nitrogens with zero attached hydrogens (tertiary/aromatic N) is 4. The maximum Gasteiger partial charge on any atom is 0.332 e. The molecular formula is C19H23ClN4O3. The Balaban J connectivity index is 2.28. The number of rotatable bonds is 6. The molecule has 0 amide bonds. The molecule has 0 spiro atoms. The molecule has 3 rings (SSSR count). The average Bonchev–Trinajstić information content (AvgIpc) is 3.01. The number of aliphatic hydroxyl groups excluding tert-OH is 1. The topological polar surface area (TPSA) is 82.1 Å². The zero-order valence-electron chi connectivity index (χ0n) is 15.6. The van der Waals surface area contributed by atoms with E-state index in [1.165, 1.54) is 9.13 Å². The Kier molecular flexibility index (Phi) is 5.53. The van der Waals surface area contributed by atoms with Crippen molar-refractivity contribution in [1.82, 2.24) is 18.7 Å². The molecule has 0 aliphatic carbocycles. The normalized spacial score (nSPS) is 11.6. The molecule has 8 heteroatoms. The lowest BCUT2D eigenvalue weighted by molar-refractivity contribution is 0.277. The Hall–Kier alpha value is -2.38. The van der Waals surface area contributed by atoms with E-state index in [-0.39, 0.29) is 24.6 Å². The van der Waals surface area contributed by atoms with Crippen molar-refractivity contribution in [3.05, 3.63) is 61.5 Å². The largest absolute Gasteiger partial charge is 0.396 e. The Labute approximate surface area is 161 Å². The van der Waals surface area contributed by atoms with Gasteiger partial charge in [-0.2, -0.15) is 0 Å². The standard InChI is InChI=1S/C19H23ClN4O3/c1-12(2)16-21-17-15(24(16)11-13-5-7-14(20)8-6-13)18(26)23(9-4-10-25)19(27)22(17)3/h5-8,12,25H,4,9-11H2,1-3H3. The van der Waals surface area contributed by atoms with E-state index in [9.17, 15) is 9.59 Å². The third-order valence-corrected chi connectivity index (χ3v) is 4.82. The van der Waals surface area contributed by atoms with Gasteiger partial charge in [-0.3, -0.25) is 13.9 Å². The zero-order chi connectivity index (χ0) is 19.7. The van der Waals surface area contributed by atoms with Crippen LogP contribution in [0.1, 0.15) is 37.6 Å². The quantitative estimate of drug-likeness (QED) is 0.698. The molecule has 1 N–H and O–H groups in total. The van der Waals surface area contributed by atoms with Gasteiger partial charge in [0.2, 0.25) is 0 Å². The summed E-state index contributed by atoms with van der Waals surface area (Å²) < 4.78 is 4.45. The van der Waals surface area contributed by atoms with Crippen LogP contribution in [-0.2, 0) is 20.1 Å². The van der Waals surface area contributed by atoms with Gasteiger partial charge in [0.05, 0.1) is 0 Å². The maximum atomic E-state index is 13.1. The second-order valence-electron chi connectivity index (χ2n) is 6.89. The van der Waals surface area contributed by atoms with Gasteiger partial charge in [-0.15, -0.1) is 0 Å². The first-order valence-corrected chi connectivity index (χ1v) is 9.28. The van der Waals surface area contributed by atoms with E-state index < -0.39 is 5.69 Å². The van der Waals surface area contributed by atoms with Gasteiger partial charge in [-0.25, -0.2) is 9.78 Å². The fraction of sp³-hybridized carbons (Fsp3) is 0.421. The lowest BCUT2D eigenvalue weighted by Crippen LogP contribution is -2.40. The van der Waals surface area contributed by atoms with Crippen LogP contribution in [-0.4, -0.2) is 30.4 Å². The molecule has 0 saturated carbocycles. The van der Waals surface area contributed by atoms with Crippen LogP contribution in [0.5, 0.6) is 0 Å². The molecule has 27 heavy (non-hydrogen) atoms. The summed E-state index contributed by atoms with van der Waals surface area (Å²) in [6.07, 6.45) is 0.336. The predicted molar refractivity (Wildman–Crippen MR) is 106 cm³/mol. The van der Waals surface area contributed by atoms with E-state index in [1.807, 2.05) is 30.5 Å². The maximum absolute atomic E-state index is 13.1. The molecule has 0 aliphatic rings. The summed E-state index contributed by atoms with van der Waals surface area (Å²) in [4.78, 5) is 30.3. The fourth-order valence-electron chi connectivity index (χ4n) is 3.19. The van der Waals surface area contributed by atoms with Crippen molar-refractivity contribution in [2.45, 2.75) is 39.3 Å². The van der Waals surface area contributed by atoms with Gasteiger partial charge in [-0.1, -0.05) is 37.6 Å². The molecule has 2 heterocycles. The average molecular weight is 391 g/mol. The number of halogens is 1. The van der Waals surface area contributed by atoms with Crippen LogP contribution in [0.2, 0.25) is 5.02 Å². The van der Waals surface area contributed by atoms with Crippen LogP contribution in [0.3, 0.4) is 0 Å². The van der Waals surface area contributed by atoms with Crippen molar-refractivity contribution >= 4 is 22.8 Å². The first-order chi connectivity index (χ1) is 12.8. The van der Waals surface area contributed by atoms with Crippen molar-refractivity contribution in [1.29, 1.82) is 0 Å². The number of fused-ring (bicyclic) bond motifs is 1. The molecule has 0 saturated heterocycles. The Morgan fingerprint density at radius 2 is 1.81 bits per heavy atom. The Morgan fingerprint density at radius 1 is 1.15 bits per heavy atom. The van der Waals surface area contributed by atoms with Gasteiger partial charge in [-0.05, 0) is 24.1 Å². The van der Waals surface area contributed by atoms with Gasteiger partial charge in [0.15, 0.2) is 11.2 Å². The highest BCUT2D eigenvalue weighted by Gasteiger charge is 2.21. The summed E-state index contributed by atoms with van der Waals surface area (Å²) in [5.74, 6) is 0.817. The van der Waals surface area contributed by atoms with Crippen LogP contribution in [0.15, 0.2) is 33.9 Å². The van der Waals surface area contributed by atoms with Gasteiger partial charge in [0.1, 0.15) is 5.82 Å². The van der Waals surface area contributed by atoms with E-state index >= 15 is 0 Å². The summed E-state index contributed by atoms with van der Waals surface area (Å²) >= 11 is 5.97. The van der Waals surface area contributed by atoms with E-state index in [0.717, 1.165) is 11.4 Å². The highest BCUT2D eigenvalue weighted by atomic mass is 35.5. The molecule has 0 unspecified atom stereocenters. The highest BCUT2D eigenvalue weighted by molar-refractivity contribution is 6.30. The predicted octanol–water partition coefficient (Wildman–Crippen LogP) is 2.10. The molecule has 0 fully saturated rings. The number of aliphatic hydroxyl groups is 1. The fourth-order valence-corrected chi connectivity index (χ4v) is 3.31. The molecule has 0 atom stereocenters. The van der Waals surface area contributed by atoms with E-state index in [1.54, 1.807) is 19.2 Å². The summed E-state index contributed by atoms with van der Waals surface area (Å²) in [6, 6.07) is 7.43. The Bertz CT molecular complexity index is 1080. The van der Waals surface area contributed by atoms with Crippen LogP contribution in [0.25, 0.3) is 11.2 Å². The summed E-state index contributed by atoms with van der Waals surface area (Å²) in [5.41, 5.74) is 0.953. The lowest BCUT2D eigenvalue weighted by Gasteiger charge is -2.12. The monoisotopic (exact) mass is 390 g/mol. The number of hydrogen-bond donors (Lipinski definition) is 1. The van der Waals surface area contributed by atoms with E-state index in [4.69, 9.17) is 16.7 Å². The third-order valence-electron chi connectivity index (χ3n) is 4.57. The minimum Gasteiger partial charge on any atom is -0.396 e. The first-order valence-electron chi connectivity index (χ1n) is 8.90. The van der Waals surface area contributed by atoms with E-state index in [2.05, 4.69) is 4.98 Å². The van der Waals surface area contributed by atoms with Crippen LogP contribution < -0.4 is 11.2 Å². The van der Waals surface area contributed by atoms with Gasteiger partial charge < -0.3 is 9.67 Å². The number of hydrogen-bond acceptors (Lipinski definition) is 4. The van der Waals surface area contributed by atoms with Crippen molar-refractivity contribution in [2.75, 3.05) is 6.61 Å². The smallest absolute Gasteiger partial charge is 0.332 e.